The van der Waals surface area contributed by atoms with Gasteiger partial charge in [-0.05, 0) is 32.3 Å². The first-order valence-electron chi connectivity index (χ1n) is 7.60. The molecule has 1 amide bonds. The molecule has 0 bridgehead atoms. The maximum absolute atomic E-state index is 12.7. The van der Waals surface area contributed by atoms with Crippen molar-refractivity contribution < 1.29 is 9.90 Å². The van der Waals surface area contributed by atoms with Crippen molar-refractivity contribution in [3.63, 3.8) is 0 Å². The zero-order chi connectivity index (χ0) is 14.7. The second-order valence-electron chi connectivity index (χ2n) is 5.53. The van der Waals surface area contributed by atoms with Crippen LogP contribution < -0.4 is 0 Å². The van der Waals surface area contributed by atoms with E-state index < -0.39 is 6.10 Å². The van der Waals surface area contributed by atoms with Crippen LogP contribution in [0.4, 0.5) is 0 Å². The molecule has 1 saturated carbocycles. The predicted molar refractivity (Wildman–Crippen MR) is 77.6 cm³/mol. The van der Waals surface area contributed by atoms with Crippen molar-refractivity contribution in [1.29, 1.82) is 0 Å². The lowest BCUT2D eigenvalue weighted by atomic mass is 9.91. The van der Waals surface area contributed by atoms with Crippen molar-refractivity contribution in [2.75, 3.05) is 7.05 Å². The molecule has 1 aromatic heterocycles. The number of aryl methyl sites for hydroxylation is 2. The summed E-state index contributed by atoms with van der Waals surface area (Å²) in [6.45, 7) is 4.70. The molecule has 1 aromatic rings. The Hall–Kier alpha value is -1.36. The molecule has 5 heteroatoms. The van der Waals surface area contributed by atoms with Gasteiger partial charge in [0.05, 0.1) is 17.8 Å². The molecule has 0 saturated heterocycles. The molecule has 2 unspecified atom stereocenters. The minimum atomic E-state index is -0.402. The van der Waals surface area contributed by atoms with E-state index in [1.54, 1.807) is 16.6 Å². The van der Waals surface area contributed by atoms with E-state index in [1.165, 1.54) is 0 Å². The largest absolute Gasteiger partial charge is 0.391 e. The molecule has 20 heavy (non-hydrogen) atoms. The highest BCUT2D eigenvalue weighted by Gasteiger charge is 2.31. The Morgan fingerprint density at radius 3 is 2.75 bits per heavy atom. The number of aliphatic hydroxyl groups is 1. The van der Waals surface area contributed by atoms with Crippen molar-refractivity contribution in [3.8, 4) is 0 Å². The molecule has 1 aliphatic carbocycles. The van der Waals surface area contributed by atoms with E-state index in [-0.39, 0.29) is 11.9 Å². The predicted octanol–water partition coefficient (Wildman–Crippen LogP) is 1.84. The molecular weight excluding hydrogens is 254 g/mol. The quantitative estimate of drug-likeness (QED) is 0.915. The fraction of sp³-hybridized carbons (Fsp3) is 0.733. The molecule has 0 aliphatic heterocycles. The third-order valence-corrected chi connectivity index (χ3v) is 4.22. The number of carbonyl (C=O) groups excluding carboxylic acids is 1. The molecule has 1 fully saturated rings. The summed E-state index contributed by atoms with van der Waals surface area (Å²) in [7, 11) is 1.79. The average Bonchev–Trinajstić information content (AvgIpc) is 2.89. The van der Waals surface area contributed by atoms with Gasteiger partial charge in [0.2, 0.25) is 0 Å². The summed E-state index contributed by atoms with van der Waals surface area (Å²) in [5, 5.41) is 14.5. The zero-order valence-electron chi connectivity index (χ0n) is 12.7. The van der Waals surface area contributed by atoms with Gasteiger partial charge in [0.25, 0.3) is 5.91 Å². The second kappa shape index (κ2) is 6.39. The van der Waals surface area contributed by atoms with Gasteiger partial charge in [0, 0.05) is 13.6 Å². The van der Waals surface area contributed by atoms with Crippen LogP contribution in [0.5, 0.6) is 0 Å². The number of aromatic nitrogens is 2. The zero-order valence-corrected chi connectivity index (χ0v) is 12.7. The number of aliphatic hydroxyl groups excluding tert-OH is 1. The van der Waals surface area contributed by atoms with E-state index in [0.717, 1.165) is 37.8 Å². The topological polar surface area (TPSA) is 58.4 Å². The summed E-state index contributed by atoms with van der Waals surface area (Å²) in [5.41, 5.74) is 1.57. The van der Waals surface area contributed by atoms with Crippen LogP contribution in [-0.4, -0.2) is 44.9 Å². The average molecular weight is 279 g/mol. The lowest BCUT2D eigenvalue weighted by Crippen LogP contribution is -2.46. The van der Waals surface area contributed by atoms with Crippen LogP contribution in [0.25, 0.3) is 0 Å². The summed E-state index contributed by atoms with van der Waals surface area (Å²) in [6, 6.07) is 1.80. The molecule has 2 rings (SSSR count). The fourth-order valence-corrected chi connectivity index (χ4v) is 2.93. The molecule has 1 aliphatic rings. The van der Waals surface area contributed by atoms with Gasteiger partial charge in [-0.1, -0.05) is 19.8 Å². The minimum Gasteiger partial charge on any atom is -0.391 e. The van der Waals surface area contributed by atoms with Gasteiger partial charge < -0.3 is 10.0 Å². The molecule has 0 aromatic carbocycles. The van der Waals surface area contributed by atoms with Gasteiger partial charge in [-0.3, -0.25) is 9.48 Å². The van der Waals surface area contributed by atoms with E-state index in [1.807, 2.05) is 19.9 Å². The van der Waals surface area contributed by atoms with Crippen LogP contribution in [0.3, 0.4) is 0 Å². The number of hydrogen-bond donors (Lipinski definition) is 1. The molecule has 112 valence electrons. The van der Waals surface area contributed by atoms with Crippen LogP contribution in [0, 0.1) is 0 Å². The SMILES string of the molecule is CCc1cc(C(=O)N(C)C2CCCCC2O)n(CC)n1. The third-order valence-electron chi connectivity index (χ3n) is 4.22. The summed E-state index contributed by atoms with van der Waals surface area (Å²) in [4.78, 5) is 14.4. The highest BCUT2D eigenvalue weighted by Crippen LogP contribution is 2.23. The number of hydrogen-bond acceptors (Lipinski definition) is 3. The Bertz CT molecular complexity index is 470. The Balaban J connectivity index is 2.19. The highest BCUT2D eigenvalue weighted by molar-refractivity contribution is 5.92. The minimum absolute atomic E-state index is 0.0370. The third kappa shape index (κ3) is 2.87. The number of nitrogens with zero attached hydrogens (tertiary/aromatic N) is 3. The Labute approximate surface area is 120 Å². The first kappa shape index (κ1) is 15.0. The van der Waals surface area contributed by atoms with Crippen LogP contribution in [0.15, 0.2) is 6.07 Å². The van der Waals surface area contributed by atoms with Crippen LogP contribution in [-0.2, 0) is 13.0 Å². The number of rotatable bonds is 4. The Morgan fingerprint density at radius 1 is 1.45 bits per heavy atom. The van der Waals surface area contributed by atoms with Crippen molar-refractivity contribution in [1.82, 2.24) is 14.7 Å². The first-order valence-corrected chi connectivity index (χ1v) is 7.60. The normalized spacial score (nSPS) is 22.8. The molecule has 1 heterocycles. The molecule has 1 N–H and O–H groups in total. The Kier molecular flexibility index (Phi) is 4.81. The van der Waals surface area contributed by atoms with E-state index in [4.69, 9.17) is 0 Å². The van der Waals surface area contributed by atoms with Gasteiger partial charge in [-0.15, -0.1) is 0 Å². The van der Waals surface area contributed by atoms with Gasteiger partial charge in [0.15, 0.2) is 0 Å². The molecule has 0 radical (unpaired) electrons. The van der Waals surface area contributed by atoms with Crippen molar-refractivity contribution in [2.45, 2.75) is 64.6 Å². The maximum atomic E-state index is 12.7. The summed E-state index contributed by atoms with van der Waals surface area (Å²) < 4.78 is 1.76. The fourth-order valence-electron chi connectivity index (χ4n) is 2.93. The van der Waals surface area contributed by atoms with E-state index in [2.05, 4.69) is 5.10 Å². The van der Waals surface area contributed by atoms with Gasteiger partial charge >= 0.3 is 0 Å². The first-order chi connectivity index (χ1) is 9.58. The van der Waals surface area contributed by atoms with Gasteiger partial charge in [-0.2, -0.15) is 5.10 Å². The standard InChI is InChI=1S/C15H25N3O2/c1-4-11-10-13(18(5-2)16-11)15(20)17(3)12-8-6-7-9-14(12)19/h10,12,14,19H,4-9H2,1-3H3. The van der Waals surface area contributed by atoms with Crippen molar-refractivity contribution >= 4 is 5.91 Å². The summed E-state index contributed by atoms with van der Waals surface area (Å²) in [6.07, 6.45) is 4.21. The lowest BCUT2D eigenvalue weighted by Gasteiger charge is -2.35. The van der Waals surface area contributed by atoms with Crippen LogP contribution in [0.2, 0.25) is 0 Å². The molecule has 0 spiro atoms. The molecular formula is C15H25N3O2. The van der Waals surface area contributed by atoms with Gasteiger partial charge in [0.1, 0.15) is 5.69 Å². The number of carbonyl (C=O) groups is 1. The van der Waals surface area contributed by atoms with Crippen molar-refractivity contribution in [2.24, 2.45) is 0 Å². The summed E-state index contributed by atoms with van der Waals surface area (Å²) >= 11 is 0. The van der Waals surface area contributed by atoms with E-state index >= 15 is 0 Å². The molecule has 5 nitrogen and oxygen atoms in total. The Morgan fingerprint density at radius 2 is 2.15 bits per heavy atom. The monoisotopic (exact) mass is 279 g/mol. The van der Waals surface area contributed by atoms with E-state index in [0.29, 0.717) is 12.2 Å². The lowest BCUT2D eigenvalue weighted by molar-refractivity contribution is 0.0260. The summed E-state index contributed by atoms with van der Waals surface area (Å²) in [5.74, 6) is -0.0370. The second-order valence-corrected chi connectivity index (χ2v) is 5.53. The van der Waals surface area contributed by atoms with Crippen LogP contribution in [0.1, 0.15) is 55.7 Å². The van der Waals surface area contributed by atoms with Gasteiger partial charge in [-0.25, -0.2) is 0 Å². The number of likely N-dealkylation sites (N-methyl/N-ethyl adjacent to an activating group) is 1. The number of amides is 1. The molecule has 2 atom stereocenters. The van der Waals surface area contributed by atoms with Crippen molar-refractivity contribution in [3.05, 3.63) is 17.5 Å². The smallest absolute Gasteiger partial charge is 0.272 e. The highest BCUT2D eigenvalue weighted by atomic mass is 16.3. The maximum Gasteiger partial charge on any atom is 0.272 e. The van der Waals surface area contributed by atoms with Crippen LogP contribution >= 0.6 is 0 Å². The van der Waals surface area contributed by atoms with E-state index in [9.17, 15) is 9.90 Å².